The normalized spacial score (nSPS) is 11.4. The summed E-state index contributed by atoms with van der Waals surface area (Å²) in [6.07, 6.45) is 1.02. The fourth-order valence-electron chi connectivity index (χ4n) is 1.48. The molecule has 5 heteroatoms. The summed E-state index contributed by atoms with van der Waals surface area (Å²) in [6.45, 7) is 1.95. The van der Waals surface area contributed by atoms with Crippen LogP contribution in [0.5, 0.6) is 5.75 Å². The fourth-order valence-corrected chi connectivity index (χ4v) is 1.99. The summed E-state index contributed by atoms with van der Waals surface area (Å²) >= 11 is 0. The van der Waals surface area contributed by atoms with Gasteiger partial charge < -0.3 is 4.74 Å². The summed E-state index contributed by atoms with van der Waals surface area (Å²) in [6, 6.07) is 5.75. The Kier molecular flexibility index (Phi) is 4.32. The van der Waals surface area contributed by atoms with Gasteiger partial charge in [-0.25, -0.2) is 0 Å². The van der Waals surface area contributed by atoms with Crippen LogP contribution in [-0.4, -0.2) is 25.8 Å². The lowest BCUT2D eigenvalue weighted by Gasteiger charge is -2.07. The van der Waals surface area contributed by atoms with Crippen LogP contribution in [-0.2, 0) is 16.5 Å². The van der Waals surface area contributed by atoms with E-state index < -0.39 is 10.1 Å². The molecule has 1 N–H and O–H groups in total. The van der Waals surface area contributed by atoms with E-state index in [1.807, 2.05) is 25.1 Å². The molecule has 0 radical (unpaired) electrons. The van der Waals surface area contributed by atoms with Crippen LogP contribution in [0.2, 0.25) is 0 Å². The van der Waals surface area contributed by atoms with E-state index in [2.05, 4.69) is 0 Å². The van der Waals surface area contributed by atoms with Gasteiger partial charge in [0.1, 0.15) is 5.75 Å². The summed E-state index contributed by atoms with van der Waals surface area (Å²) in [5.41, 5.74) is 2.05. The summed E-state index contributed by atoms with van der Waals surface area (Å²) in [5, 5.41) is 0. The van der Waals surface area contributed by atoms with Crippen molar-refractivity contribution in [1.29, 1.82) is 0 Å². The van der Waals surface area contributed by atoms with Crippen LogP contribution in [0.1, 0.15) is 17.5 Å². The van der Waals surface area contributed by atoms with Gasteiger partial charge in [-0.1, -0.05) is 12.1 Å². The number of hydrogen-bond donors (Lipinski definition) is 1. The van der Waals surface area contributed by atoms with Gasteiger partial charge in [0.2, 0.25) is 0 Å². The highest BCUT2D eigenvalue weighted by atomic mass is 32.2. The molecule has 1 aromatic rings. The molecule has 0 amide bonds. The molecular weight excluding hydrogens is 228 g/mol. The second kappa shape index (κ2) is 5.32. The largest absolute Gasteiger partial charge is 0.496 e. The first kappa shape index (κ1) is 13.0. The first-order valence-electron chi connectivity index (χ1n) is 5.01. The van der Waals surface area contributed by atoms with Crippen LogP contribution in [0.4, 0.5) is 0 Å². The van der Waals surface area contributed by atoms with E-state index in [-0.39, 0.29) is 5.75 Å². The molecule has 0 bridgehead atoms. The van der Waals surface area contributed by atoms with Gasteiger partial charge in [0, 0.05) is 0 Å². The third kappa shape index (κ3) is 4.20. The van der Waals surface area contributed by atoms with E-state index in [9.17, 15) is 8.42 Å². The zero-order valence-corrected chi connectivity index (χ0v) is 10.3. The Labute approximate surface area is 96.0 Å². The molecule has 0 spiro atoms. The second-order valence-corrected chi connectivity index (χ2v) is 5.27. The molecule has 0 aliphatic rings. The minimum absolute atomic E-state index is 0.205. The Hall–Kier alpha value is -1.07. The van der Waals surface area contributed by atoms with Crippen LogP contribution in [0, 0.1) is 6.92 Å². The lowest BCUT2D eigenvalue weighted by Crippen LogP contribution is -2.04. The van der Waals surface area contributed by atoms with Crippen molar-refractivity contribution in [2.75, 3.05) is 12.9 Å². The number of ether oxygens (including phenoxy) is 1. The first-order valence-corrected chi connectivity index (χ1v) is 6.62. The summed E-state index contributed by atoms with van der Waals surface area (Å²) < 4.78 is 34.8. The molecule has 1 aromatic carbocycles. The van der Waals surface area contributed by atoms with E-state index in [0.29, 0.717) is 12.8 Å². The molecule has 0 unspecified atom stereocenters. The van der Waals surface area contributed by atoms with Crippen molar-refractivity contribution < 1.29 is 17.7 Å². The highest BCUT2D eigenvalue weighted by Gasteiger charge is 2.05. The Morgan fingerprint density at radius 1 is 1.38 bits per heavy atom. The fraction of sp³-hybridized carbons (Fsp3) is 0.455. The Morgan fingerprint density at radius 3 is 2.62 bits per heavy atom. The topological polar surface area (TPSA) is 63.6 Å². The van der Waals surface area contributed by atoms with Crippen molar-refractivity contribution in [2.24, 2.45) is 0 Å². The first-order chi connectivity index (χ1) is 7.42. The smallest absolute Gasteiger partial charge is 0.264 e. The van der Waals surface area contributed by atoms with Crippen LogP contribution in [0.3, 0.4) is 0 Å². The van der Waals surface area contributed by atoms with Crippen molar-refractivity contribution in [2.45, 2.75) is 19.8 Å². The molecule has 0 aromatic heterocycles. The van der Waals surface area contributed by atoms with Gasteiger partial charge in [-0.05, 0) is 37.0 Å². The maximum atomic E-state index is 10.5. The van der Waals surface area contributed by atoms with Gasteiger partial charge in [-0.15, -0.1) is 0 Å². The van der Waals surface area contributed by atoms with Gasteiger partial charge in [-0.3, -0.25) is 4.55 Å². The average Bonchev–Trinajstić information content (AvgIpc) is 2.18. The second-order valence-electron chi connectivity index (χ2n) is 3.69. The van der Waals surface area contributed by atoms with E-state index in [1.54, 1.807) is 7.11 Å². The zero-order valence-electron chi connectivity index (χ0n) is 9.43. The minimum Gasteiger partial charge on any atom is -0.496 e. The predicted molar refractivity (Wildman–Crippen MR) is 62.5 cm³/mol. The number of hydrogen-bond acceptors (Lipinski definition) is 3. The highest BCUT2D eigenvalue weighted by molar-refractivity contribution is 7.85. The molecule has 0 aliphatic carbocycles. The summed E-state index contributed by atoms with van der Waals surface area (Å²) in [4.78, 5) is 0. The molecule has 1 rings (SSSR count). The number of aryl methyl sites for hydroxylation is 2. The molecule has 90 valence electrons. The molecular formula is C11H16O4S. The molecule has 0 saturated heterocycles. The van der Waals surface area contributed by atoms with Gasteiger partial charge >= 0.3 is 0 Å². The SMILES string of the molecule is COc1cc(CCCS(=O)(=O)O)ccc1C. The monoisotopic (exact) mass is 244 g/mol. The third-order valence-corrected chi connectivity index (χ3v) is 3.14. The number of methoxy groups -OCH3 is 1. The van der Waals surface area contributed by atoms with Crippen molar-refractivity contribution in [3.05, 3.63) is 29.3 Å². The van der Waals surface area contributed by atoms with Crippen LogP contribution < -0.4 is 4.74 Å². The number of rotatable bonds is 5. The lowest BCUT2D eigenvalue weighted by molar-refractivity contribution is 0.411. The summed E-state index contributed by atoms with van der Waals surface area (Å²) in [5.74, 6) is 0.591. The third-order valence-electron chi connectivity index (χ3n) is 2.34. The molecule has 0 atom stereocenters. The highest BCUT2D eigenvalue weighted by Crippen LogP contribution is 2.19. The Morgan fingerprint density at radius 2 is 2.06 bits per heavy atom. The molecule has 0 heterocycles. The molecule has 0 aliphatic heterocycles. The van der Waals surface area contributed by atoms with Gasteiger partial charge in [-0.2, -0.15) is 8.42 Å². The number of benzene rings is 1. The van der Waals surface area contributed by atoms with Crippen LogP contribution in [0.15, 0.2) is 18.2 Å². The molecule has 16 heavy (non-hydrogen) atoms. The zero-order chi connectivity index (χ0) is 12.2. The maximum Gasteiger partial charge on any atom is 0.264 e. The van der Waals surface area contributed by atoms with E-state index in [4.69, 9.17) is 9.29 Å². The molecule has 0 saturated carbocycles. The van der Waals surface area contributed by atoms with Crippen LogP contribution >= 0.6 is 0 Å². The quantitative estimate of drug-likeness (QED) is 0.802. The molecule has 0 fully saturated rings. The van der Waals surface area contributed by atoms with Crippen molar-refractivity contribution >= 4 is 10.1 Å². The van der Waals surface area contributed by atoms with Crippen LogP contribution in [0.25, 0.3) is 0 Å². The minimum atomic E-state index is -3.85. The Balaban J connectivity index is 2.61. The predicted octanol–water partition coefficient (Wildman–Crippen LogP) is 1.82. The van der Waals surface area contributed by atoms with Crippen molar-refractivity contribution in [3.63, 3.8) is 0 Å². The van der Waals surface area contributed by atoms with Gasteiger partial charge in [0.05, 0.1) is 12.9 Å². The van der Waals surface area contributed by atoms with E-state index in [0.717, 1.165) is 16.9 Å². The van der Waals surface area contributed by atoms with Crippen molar-refractivity contribution in [3.8, 4) is 5.75 Å². The Bertz CT molecular complexity index is 451. The lowest BCUT2D eigenvalue weighted by atomic mass is 10.1. The van der Waals surface area contributed by atoms with E-state index in [1.165, 1.54) is 0 Å². The van der Waals surface area contributed by atoms with Crippen molar-refractivity contribution in [1.82, 2.24) is 0 Å². The van der Waals surface area contributed by atoms with Gasteiger partial charge in [0.25, 0.3) is 10.1 Å². The average molecular weight is 244 g/mol. The molecule has 4 nitrogen and oxygen atoms in total. The maximum absolute atomic E-state index is 10.5. The van der Waals surface area contributed by atoms with Gasteiger partial charge in [0.15, 0.2) is 0 Å². The van der Waals surface area contributed by atoms with E-state index >= 15 is 0 Å². The standard InChI is InChI=1S/C11H16O4S/c1-9-5-6-10(8-11(9)15-2)4-3-7-16(12,13)14/h5-6,8H,3-4,7H2,1-2H3,(H,12,13,14). The summed E-state index contributed by atoms with van der Waals surface area (Å²) in [7, 11) is -2.25.